The fraction of sp³-hybridized carbons (Fsp3) is 0.333. The molecule has 1 fully saturated rings. The second kappa shape index (κ2) is 9.36. The summed E-state index contributed by atoms with van der Waals surface area (Å²) in [6.45, 7) is 4.12. The highest BCUT2D eigenvalue weighted by molar-refractivity contribution is 6.09. The summed E-state index contributed by atoms with van der Waals surface area (Å²) in [6.07, 6.45) is 0.670. The Labute approximate surface area is 216 Å². The molecular formula is C30H30N4O3. The smallest absolute Gasteiger partial charge is 0.254 e. The number of fused-ring (bicyclic) bond motifs is 3. The molecular weight excluding hydrogens is 464 g/mol. The van der Waals surface area contributed by atoms with E-state index in [-0.39, 0.29) is 36.6 Å². The van der Waals surface area contributed by atoms with Gasteiger partial charge in [0.15, 0.2) is 0 Å². The van der Waals surface area contributed by atoms with Crippen LogP contribution in [0.4, 0.5) is 5.69 Å². The summed E-state index contributed by atoms with van der Waals surface area (Å²) in [6, 6.07) is 21.4. The van der Waals surface area contributed by atoms with Crippen molar-refractivity contribution < 1.29 is 14.4 Å². The van der Waals surface area contributed by atoms with Crippen LogP contribution < -0.4 is 5.32 Å². The molecule has 1 N–H and O–H groups in total. The number of carbonyl (C=O) groups is 3. The van der Waals surface area contributed by atoms with E-state index in [2.05, 4.69) is 11.4 Å². The van der Waals surface area contributed by atoms with Gasteiger partial charge in [0.1, 0.15) is 12.1 Å². The van der Waals surface area contributed by atoms with Crippen molar-refractivity contribution in [3.05, 3.63) is 77.9 Å². The van der Waals surface area contributed by atoms with Crippen molar-refractivity contribution in [2.75, 3.05) is 18.9 Å². The van der Waals surface area contributed by atoms with Crippen LogP contribution in [0.1, 0.15) is 42.6 Å². The molecule has 3 aromatic carbocycles. The van der Waals surface area contributed by atoms with Gasteiger partial charge in [0.25, 0.3) is 5.91 Å². The van der Waals surface area contributed by atoms with Crippen LogP contribution in [-0.4, -0.2) is 53.2 Å². The summed E-state index contributed by atoms with van der Waals surface area (Å²) in [5, 5.41) is 14.7. The molecule has 1 saturated heterocycles. The molecule has 0 aliphatic carbocycles. The van der Waals surface area contributed by atoms with E-state index in [4.69, 9.17) is 0 Å². The molecule has 3 atom stereocenters. The van der Waals surface area contributed by atoms with Crippen molar-refractivity contribution >= 4 is 34.2 Å². The number of benzene rings is 3. The van der Waals surface area contributed by atoms with Gasteiger partial charge in [0.05, 0.1) is 11.5 Å². The number of hydrogen-bond donors (Lipinski definition) is 1. The zero-order valence-corrected chi connectivity index (χ0v) is 21.3. The number of likely N-dealkylation sites (tertiary alicyclic amines) is 1. The predicted octanol–water partition coefficient (Wildman–Crippen LogP) is 4.34. The molecule has 3 aromatic rings. The van der Waals surface area contributed by atoms with Crippen molar-refractivity contribution in [3.63, 3.8) is 0 Å². The molecule has 0 aromatic heterocycles. The number of amides is 3. The lowest BCUT2D eigenvalue weighted by molar-refractivity contribution is -0.136. The highest BCUT2D eigenvalue weighted by atomic mass is 16.2. The average molecular weight is 495 g/mol. The molecule has 2 aliphatic heterocycles. The number of likely N-dealkylation sites (N-methyl/N-ethyl adjacent to an activating group) is 1. The van der Waals surface area contributed by atoms with Crippen molar-refractivity contribution in [2.45, 2.75) is 44.2 Å². The van der Waals surface area contributed by atoms with Gasteiger partial charge in [-0.3, -0.25) is 14.4 Å². The van der Waals surface area contributed by atoms with E-state index in [9.17, 15) is 19.6 Å². The molecule has 5 rings (SSSR count). The van der Waals surface area contributed by atoms with E-state index in [1.807, 2.05) is 74.5 Å². The summed E-state index contributed by atoms with van der Waals surface area (Å²) < 4.78 is 0. The number of anilines is 1. The minimum Gasteiger partial charge on any atom is -0.330 e. The summed E-state index contributed by atoms with van der Waals surface area (Å²) in [7, 11) is 1.65. The van der Waals surface area contributed by atoms with Crippen LogP contribution in [0.2, 0.25) is 0 Å². The van der Waals surface area contributed by atoms with Gasteiger partial charge in [0.2, 0.25) is 11.8 Å². The molecule has 1 spiro atoms. The largest absolute Gasteiger partial charge is 0.330 e. The van der Waals surface area contributed by atoms with Crippen molar-refractivity contribution in [3.8, 4) is 6.07 Å². The number of nitrogens with one attached hydrogen (secondary N) is 1. The van der Waals surface area contributed by atoms with Crippen LogP contribution in [-0.2, 0) is 15.0 Å². The van der Waals surface area contributed by atoms with Gasteiger partial charge in [-0.2, -0.15) is 5.26 Å². The standard InChI is InChI=1S/C30H30N4O3/c1-19(2)15-26(33(3)27(35)23-12-8-10-20-9-4-5-11-22(20)23)28(36)34-18-30(16-21(34)17-31)24-13-6-7-14-25(24)32-29(30)37/h4-14,19,21,26H,15-16,18H2,1-3H3,(H,32,37)/t21-,26-,30-/m0/s1. The van der Waals surface area contributed by atoms with Gasteiger partial charge in [-0.25, -0.2) is 0 Å². The molecule has 0 unspecified atom stereocenters. The van der Waals surface area contributed by atoms with Crippen LogP contribution in [0.25, 0.3) is 10.8 Å². The lowest BCUT2D eigenvalue weighted by Crippen LogP contribution is -2.52. The minimum atomic E-state index is -0.965. The summed E-state index contributed by atoms with van der Waals surface area (Å²) in [5.41, 5.74) is 1.10. The Balaban J connectivity index is 1.48. The Morgan fingerprint density at radius 2 is 1.81 bits per heavy atom. The maximum atomic E-state index is 14.1. The first-order valence-corrected chi connectivity index (χ1v) is 12.6. The molecule has 188 valence electrons. The average Bonchev–Trinajstić information content (AvgIpc) is 3.43. The van der Waals surface area contributed by atoms with Crippen LogP contribution in [0, 0.1) is 17.2 Å². The third-order valence-corrected chi connectivity index (χ3v) is 7.70. The van der Waals surface area contributed by atoms with Crippen LogP contribution in [0.15, 0.2) is 66.7 Å². The molecule has 0 radical (unpaired) electrons. The molecule has 37 heavy (non-hydrogen) atoms. The predicted molar refractivity (Wildman–Crippen MR) is 142 cm³/mol. The molecule has 3 amide bonds. The van der Waals surface area contributed by atoms with Gasteiger partial charge in [-0.15, -0.1) is 0 Å². The van der Waals surface area contributed by atoms with Gasteiger partial charge >= 0.3 is 0 Å². The monoisotopic (exact) mass is 494 g/mol. The zero-order valence-electron chi connectivity index (χ0n) is 21.3. The molecule has 2 aliphatic rings. The summed E-state index contributed by atoms with van der Waals surface area (Å²) in [4.78, 5) is 44.0. The first-order valence-electron chi connectivity index (χ1n) is 12.6. The zero-order chi connectivity index (χ0) is 26.3. The Hall–Kier alpha value is -4.18. The van der Waals surface area contributed by atoms with Crippen LogP contribution >= 0.6 is 0 Å². The van der Waals surface area contributed by atoms with Crippen molar-refractivity contribution in [2.24, 2.45) is 5.92 Å². The molecule has 7 nitrogen and oxygen atoms in total. The van der Waals surface area contributed by atoms with Gasteiger partial charge in [0, 0.05) is 31.3 Å². The number of rotatable bonds is 5. The lowest BCUT2D eigenvalue weighted by atomic mass is 9.80. The first-order chi connectivity index (χ1) is 17.8. The minimum absolute atomic E-state index is 0.109. The van der Waals surface area contributed by atoms with E-state index >= 15 is 0 Å². The van der Waals surface area contributed by atoms with E-state index < -0.39 is 17.5 Å². The quantitative estimate of drug-likeness (QED) is 0.571. The van der Waals surface area contributed by atoms with Crippen LogP contribution in [0.3, 0.4) is 0 Å². The van der Waals surface area contributed by atoms with Gasteiger partial charge in [-0.05, 0) is 40.8 Å². The van der Waals surface area contributed by atoms with E-state index in [1.165, 1.54) is 9.80 Å². The fourth-order valence-corrected chi connectivity index (χ4v) is 5.79. The van der Waals surface area contributed by atoms with Gasteiger partial charge in [-0.1, -0.05) is 68.4 Å². The third kappa shape index (κ3) is 4.03. The number of hydrogen-bond acceptors (Lipinski definition) is 4. The van der Waals surface area contributed by atoms with E-state index in [0.29, 0.717) is 12.0 Å². The summed E-state index contributed by atoms with van der Waals surface area (Å²) >= 11 is 0. The maximum absolute atomic E-state index is 14.1. The van der Waals surface area contributed by atoms with Crippen molar-refractivity contribution in [1.82, 2.24) is 9.80 Å². The van der Waals surface area contributed by atoms with Gasteiger partial charge < -0.3 is 15.1 Å². The number of para-hydroxylation sites is 1. The molecule has 0 bridgehead atoms. The van der Waals surface area contributed by atoms with E-state index in [0.717, 1.165) is 22.0 Å². The summed E-state index contributed by atoms with van der Waals surface area (Å²) in [5.74, 6) is -0.610. The Kier molecular flexibility index (Phi) is 6.20. The topological polar surface area (TPSA) is 93.5 Å². The maximum Gasteiger partial charge on any atom is 0.254 e. The Morgan fingerprint density at radius 3 is 2.57 bits per heavy atom. The lowest BCUT2D eigenvalue weighted by Gasteiger charge is -2.33. The number of nitrogens with zero attached hydrogens (tertiary/aromatic N) is 3. The molecule has 2 heterocycles. The molecule has 0 saturated carbocycles. The SMILES string of the molecule is CC(C)C[C@@H](C(=O)N1C[C@]2(C[C@H]1C#N)C(=O)Nc1ccccc12)N(C)C(=O)c1cccc2ccccc12. The van der Waals surface area contributed by atoms with Crippen molar-refractivity contribution in [1.29, 1.82) is 5.26 Å². The number of nitriles is 1. The Bertz CT molecular complexity index is 1440. The second-order valence-corrected chi connectivity index (χ2v) is 10.5. The fourth-order valence-electron chi connectivity index (χ4n) is 5.79. The van der Waals surface area contributed by atoms with E-state index in [1.54, 1.807) is 13.1 Å². The first kappa shape index (κ1) is 24.5. The third-order valence-electron chi connectivity index (χ3n) is 7.70. The number of carbonyl (C=O) groups excluding carboxylic acids is 3. The van der Waals surface area contributed by atoms with Crippen LogP contribution in [0.5, 0.6) is 0 Å². The highest BCUT2D eigenvalue weighted by Crippen LogP contribution is 2.46. The highest BCUT2D eigenvalue weighted by Gasteiger charge is 2.56. The normalized spacial score (nSPS) is 21.1. The Morgan fingerprint density at radius 1 is 1.11 bits per heavy atom. The second-order valence-electron chi connectivity index (χ2n) is 10.5. The molecule has 7 heteroatoms.